The number of aliphatic hydroxyl groups excluding tert-OH is 1. The van der Waals surface area contributed by atoms with Gasteiger partial charge < -0.3 is 19.8 Å². The fraction of sp³-hybridized carbons (Fsp3) is 0.859. The minimum atomic E-state index is -4.34. The number of rotatable bonds is 58. The van der Waals surface area contributed by atoms with Crippen molar-refractivity contribution in [3.63, 3.8) is 0 Å². The van der Waals surface area contributed by atoms with Gasteiger partial charge >= 0.3 is 7.82 Å². The van der Waals surface area contributed by atoms with Gasteiger partial charge in [-0.3, -0.25) is 13.8 Å². The van der Waals surface area contributed by atoms with Gasteiger partial charge in [-0.2, -0.15) is 0 Å². The van der Waals surface area contributed by atoms with Crippen LogP contribution in [0.2, 0.25) is 0 Å². The van der Waals surface area contributed by atoms with Crippen LogP contribution in [0.1, 0.15) is 303 Å². The van der Waals surface area contributed by atoms with Crippen LogP contribution < -0.4 is 5.32 Å². The number of nitrogens with zero attached hydrogens (tertiary/aromatic N) is 1. The second-order valence-electron chi connectivity index (χ2n) is 22.8. The van der Waals surface area contributed by atoms with Gasteiger partial charge in [-0.25, -0.2) is 4.57 Å². The first-order valence-electron chi connectivity index (χ1n) is 31.5. The van der Waals surface area contributed by atoms with Gasteiger partial charge in [0.2, 0.25) is 5.91 Å². The Morgan fingerprint density at radius 3 is 1.14 bits per heavy atom. The lowest BCUT2D eigenvalue weighted by atomic mass is 10.0. The molecular formula is C64H124N2O6P+. The van der Waals surface area contributed by atoms with Crippen LogP contribution in [0.4, 0.5) is 0 Å². The topological polar surface area (TPSA) is 105 Å². The van der Waals surface area contributed by atoms with Crippen molar-refractivity contribution in [2.45, 2.75) is 315 Å². The minimum absolute atomic E-state index is 0.0628. The number of carbonyl (C=O) groups excluding carboxylic acids is 1. The number of hydrogen-bond acceptors (Lipinski definition) is 5. The molecule has 430 valence electrons. The summed E-state index contributed by atoms with van der Waals surface area (Å²) in [5, 5.41) is 13.9. The molecule has 0 saturated carbocycles. The zero-order chi connectivity index (χ0) is 53.5. The highest BCUT2D eigenvalue weighted by molar-refractivity contribution is 7.47. The molecule has 0 heterocycles. The van der Waals surface area contributed by atoms with Crippen LogP contribution >= 0.6 is 7.82 Å². The predicted octanol–water partition coefficient (Wildman–Crippen LogP) is 19.5. The lowest BCUT2D eigenvalue weighted by Gasteiger charge is -2.25. The Hall–Kier alpha value is -1.54. The Morgan fingerprint density at radius 1 is 0.466 bits per heavy atom. The molecule has 0 bridgehead atoms. The van der Waals surface area contributed by atoms with Crippen LogP contribution in [0.15, 0.2) is 48.6 Å². The van der Waals surface area contributed by atoms with Crippen LogP contribution in [0.25, 0.3) is 0 Å². The van der Waals surface area contributed by atoms with Crippen LogP contribution in [0.3, 0.4) is 0 Å². The molecule has 0 saturated heterocycles. The Labute approximate surface area is 454 Å². The second-order valence-corrected chi connectivity index (χ2v) is 24.2. The Morgan fingerprint density at radius 2 is 0.781 bits per heavy atom. The molecule has 0 aromatic heterocycles. The van der Waals surface area contributed by atoms with Crippen molar-refractivity contribution in [1.82, 2.24) is 5.32 Å². The summed E-state index contributed by atoms with van der Waals surface area (Å²) in [7, 11) is 1.58. The number of amides is 1. The molecule has 8 nitrogen and oxygen atoms in total. The van der Waals surface area contributed by atoms with Crippen molar-refractivity contribution in [2.75, 3.05) is 40.9 Å². The van der Waals surface area contributed by atoms with E-state index in [0.29, 0.717) is 17.4 Å². The van der Waals surface area contributed by atoms with Gasteiger partial charge in [0.05, 0.1) is 39.9 Å². The lowest BCUT2D eigenvalue weighted by molar-refractivity contribution is -0.870. The SMILES string of the molecule is CCCCCCC/C=C\C/C=C\C/C=C\CCCCCCCCCCCCCCCCCCCCCCCCCCC(=O)NC(COP(=O)(O)OCC[N+](C)(C)C)C(O)/C=C/CCCCCCCCCCCC. The van der Waals surface area contributed by atoms with Gasteiger partial charge in [0.1, 0.15) is 13.2 Å². The summed E-state index contributed by atoms with van der Waals surface area (Å²) in [6.07, 6.45) is 73.9. The molecule has 0 spiro atoms. The normalized spacial score (nSPS) is 14.1. The van der Waals surface area contributed by atoms with Crippen molar-refractivity contribution in [3.05, 3.63) is 48.6 Å². The number of phosphoric ester groups is 1. The maximum Gasteiger partial charge on any atom is 0.472 e. The number of nitrogens with one attached hydrogen (secondary N) is 1. The molecule has 3 atom stereocenters. The van der Waals surface area contributed by atoms with Gasteiger partial charge in [0.25, 0.3) is 0 Å². The first kappa shape index (κ1) is 71.5. The van der Waals surface area contributed by atoms with E-state index in [9.17, 15) is 19.4 Å². The largest absolute Gasteiger partial charge is 0.472 e. The van der Waals surface area contributed by atoms with E-state index in [2.05, 4.69) is 55.6 Å². The highest BCUT2D eigenvalue weighted by Gasteiger charge is 2.27. The number of unbranched alkanes of at least 4 members (excludes halogenated alkanes) is 39. The molecule has 0 aromatic rings. The Bertz CT molecular complexity index is 1330. The van der Waals surface area contributed by atoms with Gasteiger partial charge in [-0.1, -0.05) is 287 Å². The summed E-state index contributed by atoms with van der Waals surface area (Å²) in [5.41, 5.74) is 0. The fourth-order valence-electron chi connectivity index (χ4n) is 9.35. The van der Waals surface area contributed by atoms with Crippen LogP contribution in [0.5, 0.6) is 0 Å². The molecule has 0 rings (SSSR count). The maximum atomic E-state index is 13.0. The van der Waals surface area contributed by atoms with Crippen molar-refractivity contribution in [3.8, 4) is 0 Å². The summed E-state index contributed by atoms with van der Waals surface area (Å²) in [6.45, 7) is 4.82. The number of carbonyl (C=O) groups is 1. The van der Waals surface area contributed by atoms with Gasteiger partial charge in [-0.05, 0) is 57.8 Å². The van der Waals surface area contributed by atoms with E-state index in [1.807, 2.05) is 27.2 Å². The number of phosphoric acid groups is 1. The number of aliphatic hydroxyl groups is 1. The monoisotopic (exact) mass is 1050 g/mol. The first-order valence-corrected chi connectivity index (χ1v) is 33.0. The second kappa shape index (κ2) is 55.2. The average molecular weight is 1050 g/mol. The average Bonchev–Trinajstić information content (AvgIpc) is 3.35. The van der Waals surface area contributed by atoms with Crippen molar-refractivity contribution >= 4 is 13.7 Å². The zero-order valence-corrected chi connectivity index (χ0v) is 50.0. The first-order chi connectivity index (χ1) is 35.5. The molecule has 0 fully saturated rings. The summed E-state index contributed by atoms with van der Waals surface area (Å²) < 4.78 is 23.7. The van der Waals surface area contributed by atoms with Crippen LogP contribution in [0, 0.1) is 0 Å². The van der Waals surface area contributed by atoms with Gasteiger partial charge in [0.15, 0.2) is 0 Å². The molecular weight excluding hydrogens is 924 g/mol. The molecule has 0 aromatic carbocycles. The van der Waals surface area contributed by atoms with E-state index in [-0.39, 0.29) is 19.1 Å². The lowest BCUT2D eigenvalue weighted by Crippen LogP contribution is -2.45. The van der Waals surface area contributed by atoms with Gasteiger partial charge in [0, 0.05) is 6.42 Å². The number of likely N-dealkylation sites (N-methyl/N-ethyl adjacent to an activating group) is 1. The van der Waals surface area contributed by atoms with Crippen LogP contribution in [-0.4, -0.2) is 73.4 Å². The minimum Gasteiger partial charge on any atom is -0.387 e. The molecule has 73 heavy (non-hydrogen) atoms. The smallest absolute Gasteiger partial charge is 0.387 e. The molecule has 0 aliphatic carbocycles. The molecule has 9 heteroatoms. The third-order valence-electron chi connectivity index (χ3n) is 14.3. The molecule has 1 amide bonds. The standard InChI is InChI=1S/C64H123N2O6P/c1-6-8-10-12-14-16-18-20-21-22-23-24-25-26-27-28-29-30-31-32-33-34-35-36-37-38-39-40-41-42-43-44-45-46-48-50-52-54-56-58-64(68)65-62(61-72-73(69,70)71-60-59-66(3,4)5)63(67)57-55-53-51-49-47-19-17-15-13-11-9-7-2/h18,20,22-23,25-26,55,57,62-63,67H,6-17,19,21,24,27-54,56,58-61H2,1-5H3,(H-,65,68,69,70)/p+1/b20-18-,23-22-,26-25-,57-55+. The highest BCUT2D eigenvalue weighted by atomic mass is 31.2. The molecule has 0 aliphatic rings. The van der Waals surface area contributed by atoms with E-state index in [0.717, 1.165) is 51.4 Å². The summed E-state index contributed by atoms with van der Waals surface area (Å²) in [5.74, 6) is -0.173. The summed E-state index contributed by atoms with van der Waals surface area (Å²) in [4.78, 5) is 23.3. The predicted molar refractivity (Wildman–Crippen MR) is 318 cm³/mol. The Kier molecular flexibility index (Phi) is 54.1. The number of allylic oxidation sites excluding steroid dienone is 7. The maximum absolute atomic E-state index is 13.0. The quantitative estimate of drug-likeness (QED) is 0.0243. The van der Waals surface area contributed by atoms with Gasteiger partial charge in [-0.15, -0.1) is 0 Å². The van der Waals surface area contributed by atoms with E-state index in [1.54, 1.807) is 6.08 Å². The van der Waals surface area contributed by atoms with Crippen molar-refractivity contribution in [1.29, 1.82) is 0 Å². The number of hydrogen-bond donors (Lipinski definition) is 3. The van der Waals surface area contributed by atoms with Crippen molar-refractivity contribution < 1.29 is 32.9 Å². The molecule has 3 N–H and O–H groups in total. The van der Waals surface area contributed by atoms with E-state index >= 15 is 0 Å². The Balaban J connectivity index is 3.86. The zero-order valence-electron chi connectivity index (χ0n) is 49.1. The molecule has 3 unspecified atom stereocenters. The van der Waals surface area contributed by atoms with E-state index in [1.165, 1.54) is 231 Å². The molecule has 0 radical (unpaired) electrons. The molecule has 0 aliphatic heterocycles. The third kappa shape index (κ3) is 58.0. The van der Waals surface area contributed by atoms with Crippen LogP contribution in [-0.2, 0) is 18.4 Å². The summed E-state index contributed by atoms with van der Waals surface area (Å²) in [6, 6.07) is -0.844. The van der Waals surface area contributed by atoms with E-state index in [4.69, 9.17) is 9.05 Å². The summed E-state index contributed by atoms with van der Waals surface area (Å²) >= 11 is 0. The van der Waals surface area contributed by atoms with E-state index < -0.39 is 20.0 Å². The highest BCUT2D eigenvalue weighted by Crippen LogP contribution is 2.43. The fourth-order valence-corrected chi connectivity index (χ4v) is 10.1. The third-order valence-corrected chi connectivity index (χ3v) is 15.3. The van der Waals surface area contributed by atoms with Crippen molar-refractivity contribution in [2.24, 2.45) is 0 Å². The number of quaternary nitrogens is 1.